The molecule has 1 N–H and O–H groups in total. The second kappa shape index (κ2) is 6.49. The van der Waals surface area contributed by atoms with Crippen LogP contribution in [0.1, 0.15) is 17.3 Å². The van der Waals surface area contributed by atoms with Gasteiger partial charge in [-0.3, -0.25) is 4.79 Å². The van der Waals surface area contributed by atoms with E-state index >= 15 is 0 Å². The number of benzene rings is 1. The molecule has 124 valence electrons. The second-order valence-corrected chi connectivity index (χ2v) is 6.50. The van der Waals surface area contributed by atoms with Crippen LogP contribution in [-0.2, 0) is 6.54 Å². The second-order valence-electron chi connectivity index (χ2n) is 5.55. The van der Waals surface area contributed by atoms with Crippen LogP contribution in [0.5, 0.6) is 0 Å². The van der Waals surface area contributed by atoms with Crippen LogP contribution < -0.4 is 5.32 Å². The van der Waals surface area contributed by atoms with Gasteiger partial charge >= 0.3 is 0 Å². The Morgan fingerprint density at radius 2 is 2.04 bits per heavy atom. The minimum Gasteiger partial charge on any atom is -0.322 e. The van der Waals surface area contributed by atoms with E-state index in [0.29, 0.717) is 12.1 Å². The number of aryl methyl sites for hydroxylation is 1. The van der Waals surface area contributed by atoms with Crippen molar-refractivity contribution in [3.63, 3.8) is 0 Å². The van der Waals surface area contributed by atoms with E-state index in [1.807, 2.05) is 65.5 Å². The standard InChI is InChI=1S/C19H16N4OS/c1-2-23-18-15(12-20-23)14(11-16(22-18)17-9-6-10-25-17)19(24)21-13-7-4-3-5-8-13/h3-12H,2H2,1H3,(H,21,24). The molecule has 3 aromatic heterocycles. The van der Waals surface area contributed by atoms with Crippen molar-refractivity contribution >= 4 is 34.0 Å². The number of nitrogens with zero attached hydrogens (tertiary/aromatic N) is 3. The average Bonchev–Trinajstić information content (AvgIpc) is 3.31. The lowest BCUT2D eigenvalue weighted by molar-refractivity contribution is 0.102. The molecule has 25 heavy (non-hydrogen) atoms. The lowest BCUT2D eigenvalue weighted by Crippen LogP contribution is -2.13. The summed E-state index contributed by atoms with van der Waals surface area (Å²) in [4.78, 5) is 18.6. The van der Waals surface area contributed by atoms with Crippen LogP contribution >= 0.6 is 11.3 Å². The molecule has 4 rings (SSSR count). The molecule has 0 fully saturated rings. The van der Waals surface area contributed by atoms with Crippen LogP contribution in [0, 0.1) is 0 Å². The number of hydrogen-bond acceptors (Lipinski definition) is 4. The van der Waals surface area contributed by atoms with Crippen molar-refractivity contribution in [1.82, 2.24) is 14.8 Å². The first-order valence-electron chi connectivity index (χ1n) is 8.03. The molecule has 1 amide bonds. The number of pyridine rings is 1. The highest BCUT2D eigenvalue weighted by molar-refractivity contribution is 7.13. The van der Waals surface area contributed by atoms with E-state index in [2.05, 4.69) is 10.4 Å². The van der Waals surface area contributed by atoms with E-state index in [-0.39, 0.29) is 5.91 Å². The summed E-state index contributed by atoms with van der Waals surface area (Å²) in [6.07, 6.45) is 1.71. The molecule has 0 unspecified atom stereocenters. The molecular weight excluding hydrogens is 332 g/mol. The number of nitrogens with one attached hydrogen (secondary N) is 1. The largest absolute Gasteiger partial charge is 0.322 e. The lowest BCUT2D eigenvalue weighted by Gasteiger charge is -2.08. The van der Waals surface area contributed by atoms with Gasteiger partial charge in [-0.15, -0.1) is 11.3 Å². The monoisotopic (exact) mass is 348 g/mol. The third-order valence-corrected chi connectivity index (χ3v) is 4.85. The Bertz CT molecular complexity index is 1020. The normalized spacial score (nSPS) is 10.9. The van der Waals surface area contributed by atoms with E-state index in [4.69, 9.17) is 4.98 Å². The van der Waals surface area contributed by atoms with Crippen LogP contribution in [0.15, 0.2) is 60.1 Å². The molecule has 0 saturated carbocycles. The summed E-state index contributed by atoms with van der Waals surface area (Å²) in [6.45, 7) is 2.71. The minimum absolute atomic E-state index is 0.160. The Morgan fingerprint density at radius 1 is 1.20 bits per heavy atom. The highest BCUT2D eigenvalue weighted by atomic mass is 32.1. The van der Waals surface area contributed by atoms with Gasteiger partial charge < -0.3 is 5.32 Å². The minimum atomic E-state index is -0.160. The molecule has 5 nitrogen and oxygen atoms in total. The fourth-order valence-electron chi connectivity index (χ4n) is 2.74. The fraction of sp³-hybridized carbons (Fsp3) is 0.105. The molecule has 0 aliphatic rings. The maximum absolute atomic E-state index is 12.9. The van der Waals surface area contributed by atoms with Crippen LogP contribution in [0.3, 0.4) is 0 Å². The number of fused-ring (bicyclic) bond motifs is 1. The zero-order valence-electron chi connectivity index (χ0n) is 13.6. The number of aromatic nitrogens is 3. The van der Waals surface area contributed by atoms with Gasteiger partial charge in [0, 0.05) is 12.2 Å². The zero-order valence-corrected chi connectivity index (χ0v) is 14.5. The van der Waals surface area contributed by atoms with Crippen LogP contribution in [0.25, 0.3) is 21.6 Å². The first kappa shape index (κ1) is 15.5. The molecule has 0 atom stereocenters. The number of carbonyl (C=O) groups is 1. The first-order chi connectivity index (χ1) is 12.3. The van der Waals surface area contributed by atoms with Gasteiger partial charge in [0.15, 0.2) is 5.65 Å². The van der Waals surface area contributed by atoms with E-state index < -0.39 is 0 Å². The van der Waals surface area contributed by atoms with E-state index in [0.717, 1.165) is 27.3 Å². The summed E-state index contributed by atoms with van der Waals surface area (Å²) in [5.41, 5.74) is 2.86. The molecule has 1 aromatic carbocycles. The average molecular weight is 348 g/mol. The van der Waals surface area contributed by atoms with E-state index in [9.17, 15) is 4.79 Å². The van der Waals surface area contributed by atoms with Crippen molar-refractivity contribution in [2.75, 3.05) is 5.32 Å². The molecule has 0 radical (unpaired) electrons. The molecular formula is C19H16N4OS. The maximum atomic E-state index is 12.9. The lowest BCUT2D eigenvalue weighted by atomic mass is 10.1. The van der Waals surface area contributed by atoms with Crippen molar-refractivity contribution in [1.29, 1.82) is 0 Å². The summed E-state index contributed by atoms with van der Waals surface area (Å²) < 4.78 is 1.81. The molecule has 0 saturated heterocycles. The third-order valence-electron chi connectivity index (χ3n) is 3.96. The van der Waals surface area contributed by atoms with Crippen molar-refractivity contribution in [3.8, 4) is 10.6 Å². The molecule has 3 heterocycles. The summed E-state index contributed by atoms with van der Waals surface area (Å²) >= 11 is 1.60. The number of thiophene rings is 1. The summed E-state index contributed by atoms with van der Waals surface area (Å²) in [7, 11) is 0. The quantitative estimate of drug-likeness (QED) is 0.593. The Labute approximate surface area is 149 Å². The molecule has 0 aliphatic heterocycles. The highest BCUT2D eigenvalue weighted by Gasteiger charge is 2.17. The number of para-hydroxylation sites is 1. The molecule has 0 aliphatic carbocycles. The van der Waals surface area contributed by atoms with Gasteiger partial charge in [0.25, 0.3) is 5.91 Å². The van der Waals surface area contributed by atoms with Gasteiger partial charge in [-0.05, 0) is 36.6 Å². The maximum Gasteiger partial charge on any atom is 0.256 e. The van der Waals surface area contributed by atoms with Crippen molar-refractivity contribution in [2.45, 2.75) is 13.5 Å². The third kappa shape index (κ3) is 2.92. The molecule has 0 spiro atoms. The van der Waals surface area contributed by atoms with Gasteiger partial charge in [-0.25, -0.2) is 9.67 Å². The van der Waals surface area contributed by atoms with E-state index in [1.54, 1.807) is 17.5 Å². The Balaban J connectivity index is 1.84. The van der Waals surface area contributed by atoms with Gasteiger partial charge in [0.2, 0.25) is 0 Å². The fourth-order valence-corrected chi connectivity index (χ4v) is 3.42. The van der Waals surface area contributed by atoms with Gasteiger partial charge in [-0.1, -0.05) is 24.3 Å². The summed E-state index contributed by atoms with van der Waals surface area (Å²) in [5.74, 6) is -0.160. The highest BCUT2D eigenvalue weighted by Crippen LogP contribution is 2.28. The van der Waals surface area contributed by atoms with Crippen molar-refractivity contribution < 1.29 is 4.79 Å². The molecule has 0 bridgehead atoms. The topological polar surface area (TPSA) is 59.8 Å². The van der Waals surface area contributed by atoms with Crippen molar-refractivity contribution in [3.05, 3.63) is 65.7 Å². The zero-order chi connectivity index (χ0) is 17.2. The number of anilines is 1. The van der Waals surface area contributed by atoms with Crippen molar-refractivity contribution in [2.24, 2.45) is 0 Å². The number of rotatable bonds is 4. The predicted molar refractivity (Wildman–Crippen MR) is 101 cm³/mol. The predicted octanol–water partition coefficient (Wildman–Crippen LogP) is 4.43. The van der Waals surface area contributed by atoms with E-state index in [1.165, 1.54) is 0 Å². The van der Waals surface area contributed by atoms with Crippen LogP contribution in [0.2, 0.25) is 0 Å². The Kier molecular flexibility index (Phi) is 4.03. The Hall–Kier alpha value is -2.99. The van der Waals surface area contributed by atoms with Crippen LogP contribution in [-0.4, -0.2) is 20.7 Å². The molecule has 4 aromatic rings. The number of amides is 1. The smallest absolute Gasteiger partial charge is 0.256 e. The SMILES string of the molecule is CCn1ncc2c(C(=O)Nc3ccccc3)cc(-c3cccs3)nc21. The number of carbonyl (C=O) groups excluding carboxylic acids is 1. The van der Waals surface area contributed by atoms with Crippen LogP contribution in [0.4, 0.5) is 5.69 Å². The number of hydrogen-bond donors (Lipinski definition) is 1. The van der Waals surface area contributed by atoms with Gasteiger partial charge in [-0.2, -0.15) is 5.10 Å². The van der Waals surface area contributed by atoms with Gasteiger partial charge in [0.05, 0.1) is 27.7 Å². The summed E-state index contributed by atoms with van der Waals surface area (Å²) in [6, 6.07) is 15.3. The Morgan fingerprint density at radius 3 is 2.76 bits per heavy atom. The first-order valence-corrected chi connectivity index (χ1v) is 8.91. The molecule has 6 heteroatoms. The summed E-state index contributed by atoms with van der Waals surface area (Å²) in [5, 5.41) is 10.1. The van der Waals surface area contributed by atoms with Gasteiger partial charge in [0.1, 0.15) is 0 Å².